The van der Waals surface area contributed by atoms with Crippen LogP contribution in [0.15, 0.2) is 42.0 Å². The molecule has 0 heterocycles. The molecule has 31 heavy (non-hydrogen) atoms. The van der Waals surface area contributed by atoms with Crippen molar-refractivity contribution >= 4 is 11.8 Å². The summed E-state index contributed by atoms with van der Waals surface area (Å²) >= 11 is 0. The molecular formula is C27H34O4. The fraction of sp³-hybridized carbons (Fsp3) is 0.630. The third-order valence-corrected chi connectivity index (χ3v) is 9.62. The predicted octanol–water partition coefficient (Wildman–Crippen LogP) is 5.10. The quantitative estimate of drug-likeness (QED) is 0.544. The number of carbonyl (C=O) groups is 2. The van der Waals surface area contributed by atoms with Crippen LogP contribution in [-0.4, -0.2) is 23.0 Å². The standard InChI is InChI=1S/C27H34O4/c1-26-13-12-23-21(22(26)10-11-24(26)29)9-8-17-14-19(28)15-18(27(17,23)2)16-25(30)31-20-6-4-3-5-7-20/h3-7,14,18,21-24,29H,8-13,15-16H2,1-2H3/t18?,21-,22-,23-,24-,26-,27+/m0/s1. The summed E-state index contributed by atoms with van der Waals surface area (Å²) in [7, 11) is 0. The van der Waals surface area contributed by atoms with Gasteiger partial charge in [0.25, 0.3) is 0 Å². The lowest BCUT2D eigenvalue weighted by Crippen LogP contribution is -2.54. The van der Waals surface area contributed by atoms with Crippen molar-refractivity contribution in [3.8, 4) is 5.75 Å². The van der Waals surface area contributed by atoms with E-state index in [9.17, 15) is 14.7 Å². The third kappa shape index (κ3) is 3.29. The Labute approximate surface area is 185 Å². The average molecular weight is 423 g/mol. The minimum atomic E-state index is -0.245. The number of fused-ring (bicyclic) bond motifs is 5. The van der Waals surface area contributed by atoms with Gasteiger partial charge in [0.2, 0.25) is 0 Å². The van der Waals surface area contributed by atoms with Crippen LogP contribution in [0.5, 0.6) is 5.75 Å². The molecule has 166 valence electrons. The van der Waals surface area contributed by atoms with Crippen LogP contribution in [-0.2, 0) is 9.59 Å². The van der Waals surface area contributed by atoms with E-state index >= 15 is 0 Å². The topological polar surface area (TPSA) is 63.6 Å². The highest BCUT2D eigenvalue weighted by Crippen LogP contribution is 2.66. The molecular weight excluding hydrogens is 388 g/mol. The molecule has 0 radical (unpaired) electrons. The van der Waals surface area contributed by atoms with Gasteiger partial charge >= 0.3 is 5.97 Å². The Bertz CT molecular complexity index is 905. The Morgan fingerprint density at radius 2 is 1.87 bits per heavy atom. The van der Waals surface area contributed by atoms with Crippen molar-refractivity contribution < 1.29 is 19.4 Å². The van der Waals surface area contributed by atoms with Crippen molar-refractivity contribution in [3.05, 3.63) is 42.0 Å². The minimum Gasteiger partial charge on any atom is -0.427 e. The van der Waals surface area contributed by atoms with E-state index in [1.54, 1.807) is 12.1 Å². The Morgan fingerprint density at radius 1 is 1.10 bits per heavy atom. The first-order valence-corrected chi connectivity index (χ1v) is 12.0. The van der Waals surface area contributed by atoms with Crippen LogP contribution in [0.3, 0.4) is 0 Å². The molecule has 5 rings (SSSR count). The lowest BCUT2D eigenvalue weighted by Gasteiger charge is -2.59. The Kier molecular flexibility index (Phi) is 5.12. The van der Waals surface area contributed by atoms with E-state index in [0.717, 1.165) is 38.5 Å². The summed E-state index contributed by atoms with van der Waals surface area (Å²) < 4.78 is 5.61. The summed E-state index contributed by atoms with van der Waals surface area (Å²) in [4.78, 5) is 25.4. The van der Waals surface area contributed by atoms with Gasteiger partial charge in [0.05, 0.1) is 12.5 Å². The minimum absolute atomic E-state index is 0.0142. The molecule has 4 nitrogen and oxygen atoms in total. The lowest BCUT2D eigenvalue weighted by atomic mass is 9.45. The summed E-state index contributed by atoms with van der Waals surface area (Å²) in [6.07, 6.45) is 8.59. The number of ether oxygens (including phenoxy) is 1. The second-order valence-electron chi connectivity index (χ2n) is 10.9. The molecule has 3 saturated carbocycles. The van der Waals surface area contributed by atoms with Gasteiger partial charge in [-0.3, -0.25) is 9.59 Å². The van der Waals surface area contributed by atoms with Gasteiger partial charge in [0.1, 0.15) is 5.75 Å². The Hall–Kier alpha value is -1.94. The van der Waals surface area contributed by atoms with Gasteiger partial charge < -0.3 is 9.84 Å². The summed E-state index contributed by atoms with van der Waals surface area (Å²) in [5, 5.41) is 10.7. The predicted molar refractivity (Wildman–Crippen MR) is 118 cm³/mol. The number of hydrogen-bond acceptors (Lipinski definition) is 4. The first-order valence-electron chi connectivity index (χ1n) is 12.0. The molecule has 1 aromatic rings. The largest absolute Gasteiger partial charge is 0.427 e. The fourth-order valence-corrected chi connectivity index (χ4v) is 7.88. The number of hydrogen-bond donors (Lipinski definition) is 1. The molecule has 0 amide bonds. The number of para-hydroxylation sites is 1. The van der Waals surface area contributed by atoms with Gasteiger partial charge in [0, 0.05) is 6.42 Å². The number of esters is 1. The van der Waals surface area contributed by atoms with Crippen LogP contribution in [0.2, 0.25) is 0 Å². The maximum Gasteiger partial charge on any atom is 0.311 e. The van der Waals surface area contributed by atoms with Gasteiger partial charge in [-0.2, -0.15) is 0 Å². The summed E-state index contributed by atoms with van der Waals surface area (Å²) in [6, 6.07) is 9.20. The number of rotatable bonds is 3. The molecule has 4 aliphatic carbocycles. The van der Waals surface area contributed by atoms with E-state index < -0.39 is 0 Å². The lowest BCUT2D eigenvalue weighted by molar-refractivity contribution is -0.139. The van der Waals surface area contributed by atoms with Gasteiger partial charge in [-0.05, 0) is 91.2 Å². The van der Waals surface area contributed by atoms with Crippen LogP contribution in [0.1, 0.15) is 65.2 Å². The molecule has 0 aromatic heterocycles. The second-order valence-corrected chi connectivity index (χ2v) is 10.9. The first-order chi connectivity index (χ1) is 14.8. The van der Waals surface area contributed by atoms with E-state index in [4.69, 9.17) is 4.74 Å². The van der Waals surface area contributed by atoms with E-state index in [-0.39, 0.29) is 41.0 Å². The summed E-state index contributed by atoms with van der Waals surface area (Å²) in [6.45, 7) is 4.61. The average Bonchev–Trinajstić information content (AvgIpc) is 3.04. The fourth-order valence-electron chi connectivity index (χ4n) is 7.88. The second kappa shape index (κ2) is 7.58. The van der Waals surface area contributed by atoms with E-state index in [0.29, 0.717) is 29.9 Å². The molecule has 0 spiro atoms. The molecule has 0 aliphatic heterocycles. The molecule has 4 heteroatoms. The number of benzene rings is 1. The van der Waals surface area contributed by atoms with Crippen molar-refractivity contribution in [1.82, 2.24) is 0 Å². The zero-order chi connectivity index (χ0) is 21.8. The highest BCUT2D eigenvalue weighted by molar-refractivity contribution is 5.92. The van der Waals surface area contributed by atoms with Crippen molar-refractivity contribution in [2.24, 2.45) is 34.5 Å². The molecule has 1 aromatic carbocycles. The van der Waals surface area contributed by atoms with Crippen LogP contribution in [0, 0.1) is 34.5 Å². The number of aliphatic hydroxyl groups is 1. The van der Waals surface area contributed by atoms with Crippen molar-refractivity contribution in [3.63, 3.8) is 0 Å². The van der Waals surface area contributed by atoms with Gasteiger partial charge in [-0.1, -0.05) is 37.6 Å². The Balaban J connectivity index is 1.42. The summed E-state index contributed by atoms with van der Waals surface area (Å²) in [5.41, 5.74) is 1.15. The smallest absolute Gasteiger partial charge is 0.311 e. The number of ketones is 1. The molecule has 0 saturated heterocycles. The highest BCUT2D eigenvalue weighted by Gasteiger charge is 2.60. The van der Waals surface area contributed by atoms with Crippen LogP contribution in [0.25, 0.3) is 0 Å². The molecule has 7 atom stereocenters. The van der Waals surface area contributed by atoms with E-state index in [1.165, 1.54) is 5.57 Å². The zero-order valence-corrected chi connectivity index (χ0v) is 18.7. The monoisotopic (exact) mass is 422 g/mol. The summed E-state index contributed by atoms with van der Waals surface area (Å²) in [5.74, 6) is 2.04. The Morgan fingerprint density at radius 3 is 2.65 bits per heavy atom. The maximum absolute atomic E-state index is 12.9. The maximum atomic E-state index is 12.9. The highest BCUT2D eigenvalue weighted by atomic mass is 16.5. The van der Waals surface area contributed by atoms with Gasteiger partial charge in [0.15, 0.2) is 5.78 Å². The number of carbonyl (C=O) groups excluding carboxylic acids is 2. The zero-order valence-electron chi connectivity index (χ0n) is 18.7. The normalized spacial score (nSPS) is 41.6. The molecule has 0 bridgehead atoms. The third-order valence-electron chi connectivity index (χ3n) is 9.62. The SMILES string of the molecule is C[C@]12CC[C@H]3[C@@H](CCC4=CC(=O)CC(CC(=O)Oc5ccccc5)[C@@]43C)[C@@H]1CC[C@@H]2O. The van der Waals surface area contributed by atoms with Gasteiger partial charge in [-0.25, -0.2) is 0 Å². The van der Waals surface area contributed by atoms with Crippen molar-refractivity contribution in [1.29, 1.82) is 0 Å². The van der Waals surface area contributed by atoms with E-state index in [2.05, 4.69) is 13.8 Å². The van der Waals surface area contributed by atoms with Crippen LogP contribution < -0.4 is 4.74 Å². The molecule has 3 fully saturated rings. The molecule has 1 unspecified atom stereocenters. The van der Waals surface area contributed by atoms with E-state index in [1.807, 2.05) is 24.3 Å². The van der Waals surface area contributed by atoms with Crippen molar-refractivity contribution in [2.45, 2.75) is 71.3 Å². The van der Waals surface area contributed by atoms with Crippen molar-refractivity contribution in [2.75, 3.05) is 0 Å². The molecule has 4 aliphatic rings. The van der Waals surface area contributed by atoms with Crippen LogP contribution >= 0.6 is 0 Å². The van der Waals surface area contributed by atoms with Gasteiger partial charge in [-0.15, -0.1) is 0 Å². The molecule has 1 N–H and O–H groups in total. The first kappa shape index (κ1) is 20.9. The van der Waals surface area contributed by atoms with Crippen LogP contribution in [0.4, 0.5) is 0 Å². The number of aliphatic hydroxyl groups excluding tert-OH is 1. The number of allylic oxidation sites excluding steroid dienone is 1.